The van der Waals surface area contributed by atoms with Gasteiger partial charge in [0, 0.05) is 24.1 Å². The van der Waals surface area contributed by atoms with Gasteiger partial charge in [0.1, 0.15) is 5.75 Å². The molecular weight excluding hydrogens is 242 g/mol. The van der Waals surface area contributed by atoms with Crippen LogP contribution in [-0.4, -0.2) is 30.8 Å². The summed E-state index contributed by atoms with van der Waals surface area (Å²) in [6.45, 7) is 7.00. The molecule has 4 heteroatoms. The summed E-state index contributed by atoms with van der Waals surface area (Å²) in [4.78, 5) is 11.9. The van der Waals surface area contributed by atoms with Gasteiger partial charge in [-0.2, -0.15) is 0 Å². The van der Waals surface area contributed by atoms with E-state index < -0.39 is 0 Å². The molecule has 0 fully saturated rings. The lowest BCUT2D eigenvalue weighted by atomic mass is 9.95. The molecule has 0 atom stereocenters. The predicted molar refractivity (Wildman–Crippen MR) is 75.4 cm³/mol. The van der Waals surface area contributed by atoms with Gasteiger partial charge in [-0.25, -0.2) is 0 Å². The second kappa shape index (κ2) is 7.14. The molecule has 2 N–H and O–H groups in total. The molecule has 0 saturated carbocycles. The SMILES string of the molecule is CCCOc1ccc(C(=O)NCC(C)(C)CO)cc1. The molecule has 0 aliphatic rings. The number of hydrogen-bond acceptors (Lipinski definition) is 3. The normalized spacial score (nSPS) is 11.2. The molecule has 0 radical (unpaired) electrons. The van der Waals surface area contributed by atoms with Gasteiger partial charge in [-0.15, -0.1) is 0 Å². The number of amides is 1. The second-order valence-electron chi connectivity index (χ2n) is 5.38. The Hall–Kier alpha value is -1.55. The monoisotopic (exact) mass is 265 g/mol. The van der Waals surface area contributed by atoms with Crippen LogP contribution in [0.15, 0.2) is 24.3 Å². The van der Waals surface area contributed by atoms with Crippen molar-refractivity contribution in [3.63, 3.8) is 0 Å². The van der Waals surface area contributed by atoms with Crippen molar-refractivity contribution in [3.05, 3.63) is 29.8 Å². The number of rotatable bonds is 7. The molecule has 0 spiro atoms. The minimum Gasteiger partial charge on any atom is -0.494 e. The lowest BCUT2D eigenvalue weighted by Gasteiger charge is -2.21. The number of benzene rings is 1. The van der Waals surface area contributed by atoms with Gasteiger partial charge in [-0.05, 0) is 30.7 Å². The van der Waals surface area contributed by atoms with E-state index in [4.69, 9.17) is 9.84 Å². The fourth-order valence-corrected chi connectivity index (χ4v) is 1.40. The predicted octanol–water partition coefficient (Wildman–Crippen LogP) is 2.22. The Labute approximate surface area is 114 Å². The second-order valence-corrected chi connectivity index (χ2v) is 5.38. The van der Waals surface area contributed by atoms with Gasteiger partial charge in [-0.3, -0.25) is 4.79 Å². The first kappa shape index (κ1) is 15.5. The van der Waals surface area contributed by atoms with Crippen LogP contribution in [0.5, 0.6) is 5.75 Å². The van der Waals surface area contributed by atoms with E-state index in [-0.39, 0.29) is 17.9 Å². The Morgan fingerprint density at radius 1 is 1.32 bits per heavy atom. The van der Waals surface area contributed by atoms with Crippen molar-refractivity contribution in [3.8, 4) is 5.75 Å². The maximum atomic E-state index is 11.9. The zero-order chi connectivity index (χ0) is 14.3. The molecule has 0 aliphatic carbocycles. The van der Waals surface area contributed by atoms with Gasteiger partial charge in [0.2, 0.25) is 0 Å². The first-order valence-corrected chi connectivity index (χ1v) is 6.60. The van der Waals surface area contributed by atoms with Crippen molar-refractivity contribution >= 4 is 5.91 Å². The van der Waals surface area contributed by atoms with Crippen molar-refractivity contribution < 1.29 is 14.6 Å². The zero-order valence-corrected chi connectivity index (χ0v) is 11.9. The van der Waals surface area contributed by atoms with Crippen LogP contribution < -0.4 is 10.1 Å². The van der Waals surface area contributed by atoms with Crippen LogP contribution in [0.3, 0.4) is 0 Å². The third-order valence-corrected chi connectivity index (χ3v) is 2.74. The standard InChI is InChI=1S/C15H23NO3/c1-4-9-19-13-7-5-12(6-8-13)14(18)16-10-15(2,3)11-17/h5-8,17H,4,9-11H2,1-3H3,(H,16,18). The minimum atomic E-state index is -0.306. The first-order valence-electron chi connectivity index (χ1n) is 6.60. The van der Waals surface area contributed by atoms with Gasteiger partial charge in [0.25, 0.3) is 5.91 Å². The quantitative estimate of drug-likeness (QED) is 0.794. The highest BCUT2D eigenvalue weighted by atomic mass is 16.5. The molecule has 0 aliphatic heterocycles. The van der Waals surface area contributed by atoms with Gasteiger partial charge in [-0.1, -0.05) is 20.8 Å². The molecule has 4 nitrogen and oxygen atoms in total. The van der Waals surface area contributed by atoms with E-state index in [1.54, 1.807) is 24.3 Å². The number of carbonyl (C=O) groups excluding carboxylic acids is 1. The van der Waals surface area contributed by atoms with E-state index >= 15 is 0 Å². The third kappa shape index (κ3) is 5.30. The van der Waals surface area contributed by atoms with E-state index in [1.165, 1.54) is 0 Å². The molecule has 1 aromatic rings. The largest absolute Gasteiger partial charge is 0.494 e. The molecule has 0 saturated heterocycles. The molecular formula is C15H23NO3. The van der Waals surface area contributed by atoms with E-state index in [2.05, 4.69) is 5.32 Å². The molecule has 106 valence electrons. The molecule has 1 rings (SSSR count). The third-order valence-electron chi connectivity index (χ3n) is 2.74. The summed E-state index contributed by atoms with van der Waals surface area (Å²) >= 11 is 0. The summed E-state index contributed by atoms with van der Waals surface area (Å²) in [5.41, 5.74) is 0.289. The molecule has 1 aromatic carbocycles. The summed E-state index contributed by atoms with van der Waals surface area (Å²) in [5, 5.41) is 11.9. The van der Waals surface area contributed by atoms with Crippen molar-refractivity contribution in [1.82, 2.24) is 5.32 Å². The summed E-state index contributed by atoms with van der Waals surface area (Å²) in [7, 11) is 0. The number of ether oxygens (including phenoxy) is 1. The van der Waals surface area contributed by atoms with Crippen LogP contribution >= 0.6 is 0 Å². The Bertz CT molecular complexity index is 398. The number of nitrogens with one attached hydrogen (secondary N) is 1. The van der Waals surface area contributed by atoms with Gasteiger partial charge in [0.05, 0.1) is 6.61 Å². The maximum absolute atomic E-state index is 11.9. The summed E-state index contributed by atoms with van der Waals surface area (Å²) < 4.78 is 5.46. The Morgan fingerprint density at radius 3 is 2.47 bits per heavy atom. The Balaban J connectivity index is 2.53. The minimum absolute atomic E-state index is 0.0388. The highest BCUT2D eigenvalue weighted by Gasteiger charge is 2.17. The van der Waals surface area contributed by atoms with Crippen LogP contribution in [0.25, 0.3) is 0 Å². The van der Waals surface area contributed by atoms with E-state index in [0.717, 1.165) is 12.2 Å². The van der Waals surface area contributed by atoms with Crippen LogP contribution in [0.1, 0.15) is 37.6 Å². The van der Waals surface area contributed by atoms with Crippen molar-refractivity contribution in [2.24, 2.45) is 5.41 Å². The fourth-order valence-electron chi connectivity index (χ4n) is 1.40. The molecule has 1 amide bonds. The van der Waals surface area contributed by atoms with E-state index in [9.17, 15) is 4.79 Å². The van der Waals surface area contributed by atoms with Crippen molar-refractivity contribution in [1.29, 1.82) is 0 Å². The number of carbonyl (C=O) groups is 1. The van der Waals surface area contributed by atoms with Crippen LogP contribution in [-0.2, 0) is 0 Å². The number of aliphatic hydroxyl groups is 1. The molecule has 0 aromatic heterocycles. The average molecular weight is 265 g/mol. The molecule has 0 unspecified atom stereocenters. The smallest absolute Gasteiger partial charge is 0.251 e. The fraction of sp³-hybridized carbons (Fsp3) is 0.533. The lowest BCUT2D eigenvalue weighted by molar-refractivity contribution is 0.0911. The highest BCUT2D eigenvalue weighted by molar-refractivity contribution is 5.94. The van der Waals surface area contributed by atoms with Gasteiger partial charge < -0.3 is 15.2 Å². The Kier molecular flexibility index (Phi) is 5.83. The van der Waals surface area contributed by atoms with Crippen LogP contribution in [0.2, 0.25) is 0 Å². The topological polar surface area (TPSA) is 58.6 Å². The molecule has 0 bridgehead atoms. The first-order chi connectivity index (χ1) is 8.98. The summed E-state index contributed by atoms with van der Waals surface area (Å²) in [6, 6.07) is 7.07. The van der Waals surface area contributed by atoms with Crippen LogP contribution in [0, 0.1) is 5.41 Å². The van der Waals surface area contributed by atoms with E-state index in [0.29, 0.717) is 18.7 Å². The molecule has 0 heterocycles. The highest BCUT2D eigenvalue weighted by Crippen LogP contribution is 2.14. The average Bonchev–Trinajstić information content (AvgIpc) is 2.43. The summed E-state index contributed by atoms with van der Waals surface area (Å²) in [6.07, 6.45) is 0.957. The Morgan fingerprint density at radius 2 is 1.95 bits per heavy atom. The summed E-state index contributed by atoms with van der Waals surface area (Å²) in [5.74, 6) is 0.637. The van der Waals surface area contributed by atoms with E-state index in [1.807, 2.05) is 20.8 Å². The number of hydrogen-bond donors (Lipinski definition) is 2. The van der Waals surface area contributed by atoms with Crippen molar-refractivity contribution in [2.45, 2.75) is 27.2 Å². The van der Waals surface area contributed by atoms with Gasteiger partial charge in [0.15, 0.2) is 0 Å². The zero-order valence-electron chi connectivity index (χ0n) is 11.9. The lowest BCUT2D eigenvalue weighted by Crippen LogP contribution is -2.36. The van der Waals surface area contributed by atoms with Crippen molar-refractivity contribution in [2.75, 3.05) is 19.8 Å². The maximum Gasteiger partial charge on any atom is 0.251 e. The number of aliphatic hydroxyl groups excluding tert-OH is 1. The molecule has 19 heavy (non-hydrogen) atoms. The van der Waals surface area contributed by atoms with Crippen LogP contribution in [0.4, 0.5) is 0 Å². The van der Waals surface area contributed by atoms with Gasteiger partial charge >= 0.3 is 0 Å².